The third-order valence-corrected chi connectivity index (χ3v) is 1.95. The topological polar surface area (TPSA) is 72.2 Å². The maximum Gasteiger partial charge on any atom is 0.120 e. The van der Waals surface area contributed by atoms with Crippen LogP contribution in [0.25, 0.3) is 10.4 Å². The van der Waals surface area contributed by atoms with Crippen LogP contribution in [0.4, 0.5) is 0 Å². The Balaban J connectivity index is 2.89. The molecule has 0 unspecified atom stereocenters. The lowest BCUT2D eigenvalue weighted by Gasteiger charge is -2.12. The molecule has 0 radical (unpaired) electrons. The van der Waals surface area contributed by atoms with Crippen LogP contribution >= 0.6 is 0 Å². The molecule has 0 aromatic heterocycles. The number of phenolic OH excluding ortho intramolecular Hbond substituents is 1. The highest BCUT2D eigenvalue weighted by molar-refractivity contribution is 5.36. The predicted molar refractivity (Wildman–Crippen MR) is 58.3 cm³/mol. The van der Waals surface area contributed by atoms with Gasteiger partial charge < -0.3 is 10.0 Å². The first-order valence-corrected chi connectivity index (χ1v) is 4.60. The van der Waals surface area contributed by atoms with Gasteiger partial charge in [0.25, 0.3) is 0 Å². The third kappa shape index (κ3) is 3.50. The monoisotopic (exact) mass is 206 g/mol. The summed E-state index contributed by atoms with van der Waals surface area (Å²) < 4.78 is 0. The van der Waals surface area contributed by atoms with Gasteiger partial charge in [-0.1, -0.05) is 17.2 Å². The minimum absolute atomic E-state index is 0.272. The molecular weight excluding hydrogens is 192 g/mol. The number of hydrogen-bond acceptors (Lipinski definition) is 3. The molecule has 0 saturated carbocycles. The second-order valence-electron chi connectivity index (χ2n) is 3.59. The van der Waals surface area contributed by atoms with E-state index in [0.717, 1.165) is 11.1 Å². The summed E-state index contributed by atoms with van der Waals surface area (Å²) in [6.45, 7) is 0.979. The van der Waals surface area contributed by atoms with Crippen LogP contribution in [-0.4, -0.2) is 24.1 Å². The van der Waals surface area contributed by atoms with E-state index in [1.165, 1.54) is 0 Å². The molecule has 0 fully saturated rings. The molecule has 0 atom stereocenters. The van der Waals surface area contributed by atoms with Crippen molar-refractivity contribution in [2.45, 2.75) is 13.1 Å². The molecule has 0 aliphatic rings. The van der Waals surface area contributed by atoms with Gasteiger partial charge in [-0.3, -0.25) is 0 Å². The lowest BCUT2D eigenvalue weighted by molar-refractivity contribution is 0.385. The number of rotatable bonds is 4. The van der Waals surface area contributed by atoms with E-state index >= 15 is 0 Å². The molecule has 1 rings (SSSR count). The van der Waals surface area contributed by atoms with E-state index in [-0.39, 0.29) is 5.75 Å². The third-order valence-electron chi connectivity index (χ3n) is 1.95. The first kappa shape index (κ1) is 11.4. The average Bonchev–Trinajstić information content (AvgIpc) is 2.18. The molecule has 5 heteroatoms. The molecule has 0 heterocycles. The fourth-order valence-corrected chi connectivity index (χ4v) is 1.32. The van der Waals surface area contributed by atoms with E-state index in [4.69, 9.17) is 5.53 Å². The second kappa shape index (κ2) is 5.24. The van der Waals surface area contributed by atoms with Gasteiger partial charge in [-0.2, -0.15) is 0 Å². The minimum atomic E-state index is 0.272. The maximum absolute atomic E-state index is 9.58. The van der Waals surface area contributed by atoms with Crippen molar-refractivity contribution >= 4 is 0 Å². The van der Waals surface area contributed by atoms with Crippen molar-refractivity contribution in [3.05, 3.63) is 39.8 Å². The van der Waals surface area contributed by atoms with E-state index in [9.17, 15) is 5.11 Å². The summed E-state index contributed by atoms with van der Waals surface area (Å²) in [6.07, 6.45) is 0. The highest BCUT2D eigenvalue weighted by atomic mass is 16.3. The quantitative estimate of drug-likeness (QED) is 0.466. The minimum Gasteiger partial charge on any atom is -0.508 e. The summed E-state index contributed by atoms with van der Waals surface area (Å²) >= 11 is 0. The average molecular weight is 206 g/mol. The molecule has 0 spiro atoms. The zero-order valence-electron chi connectivity index (χ0n) is 8.88. The fourth-order valence-electron chi connectivity index (χ4n) is 1.32. The first-order valence-electron chi connectivity index (χ1n) is 4.60. The van der Waals surface area contributed by atoms with Crippen LogP contribution in [0.2, 0.25) is 0 Å². The summed E-state index contributed by atoms with van der Waals surface area (Å²) in [5.74, 6) is 0.272. The molecule has 1 aromatic rings. The summed E-state index contributed by atoms with van der Waals surface area (Å²) in [5.41, 5.74) is 9.94. The van der Waals surface area contributed by atoms with E-state index in [1.807, 2.05) is 25.1 Å². The van der Waals surface area contributed by atoms with E-state index in [2.05, 4.69) is 10.0 Å². The SMILES string of the molecule is CN(C)Cc1cc(CN=[N+]=[N-])ccc1O. The lowest BCUT2D eigenvalue weighted by Crippen LogP contribution is -2.10. The number of benzene rings is 1. The van der Waals surface area contributed by atoms with Crippen molar-refractivity contribution in [1.29, 1.82) is 0 Å². The van der Waals surface area contributed by atoms with Crippen LogP contribution in [0.3, 0.4) is 0 Å². The molecule has 0 aliphatic carbocycles. The molecule has 0 aliphatic heterocycles. The van der Waals surface area contributed by atoms with Gasteiger partial charge in [-0.05, 0) is 31.3 Å². The normalized spacial score (nSPS) is 10.1. The Morgan fingerprint density at radius 3 is 2.80 bits per heavy atom. The van der Waals surface area contributed by atoms with Gasteiger partial charge in [-0.25, -0.2) is 0 Å². The number of aromatic hydroxyl groups is 1. The zero-order valence-corrected chi connectivity index (χ0v) is 8.88. The maximum atomic E-state index is 9.58. The first-order chi connectivity index (χ1) is 7.13. The summed E-state index contributed by atoms with van der Waals surface area (Å²) in [7, 11) is 3.86. The van der Waals surface area contributed by atoms with Crippen LogP contribution in [0.15, 0.2) is 23.3 Å². The Hall–Kier alpha value is -1.71. The standard InChI is InChI=1S/C10H14N4O/c1-14(2)7-9-5-8(6-12-13-11)3-4-10(9)15/h3-5,15H,6-7H2,1-2H3. The van der Waals surface area contributed by atoms with E-state index < -0.39 is 0 Å². The van der Waals surface area contributed by atoms with Gasteiger partial charge in [0.1, 0.15) is 5.75 Å². The Bertz CT molecular complexity index is 383. The number of nitrogens with zero attached hydrogens (tertiary/aromatic N) is 4. The highest BCUT2D eigenvalue weighted by Crippen LogP contribution is 2.20. The smallest absolute Gasteiger partial charge is 0.120 e. The number of azide groups is 1. The molecule has 80 valence electrons. The van der Waals surface area contributed by atoms with Crippen molar-refractivity contribution in [3.8, 4) is 5.75 Å². The van der Waals surface area contributed by atoms with Gasteiger partial charge in [0, 0.05) is 17.0 Å². The van der Waals surface area contributed by atoms with Gasteiger partial charge in [-0.15, -0.1) is 0 Å². The molecule has 0 bridgehead atoms. The van der Waals surface area contributed by atoms with E-state index in [1.54, 1.807) is 12.1 Å². The van der Waals surface area contributed by atoms with Crippen LogP contribution in [0.5, 0.6) is 5.75 Å². The van der Waals surface area contributed by atoms with Crippen molar-refractivity contribution in [3.63, 3.8) is 0 Å². The van der Waals surface area contributed by atoms with Crippen LogP contribution < -0.4 is 0 Å². The molecule has 5 nitrogen and oxygen atoms in total. The molecule has 1 N–H and O–H groups in total. The second-order valence-corrected chi connectivity index (χ2v) is 3.59. The number of phenols is 1. The van der Waals surface area contributed by atoms with Crippen molar-refractivity contribution < 1.29 is 5.11 Å². The van der Waals surface area contributed by atoms with Gasteiger partial charge in [0.05, 0.1) is 6.54 Å². The Morgan fingerprint density at radius 1 is 1.47 bits per heavy atom. The van der Waals surface area contributed by atoms with Crippen molar-refractivity contribution in [1.82, 2.24) is 4.90 Å². The largest absolute Gasteiger partial charge is 0.508 e. The van der Waals surface area contributed by atoms with Crippen LogP contribution in [0, 0.1) is 0 Å². The van der Waals surface area contributed by atoms with Gasteiger partial charge in [0.2, 0.25) is 0 Å². The summed E-state index contributed by atoms with van der Waals surface area (Å²) in [5, 5.41) is 13.1. The molecule has 0 saturated heterocycles. The van der Waals surface area contributed by atoms with Gasteiger partial charge >= 0.3 is 0 Å². The summed E-state index contributed by atoms with van der Waals surface area (Å²) in [6, 6.07) is 5.23. The number of hydrogen-bond donors (Lipinski definition) is 1. The van der Waals surface area contributed by atoms with Crippen molar-refractivity contribution in [2.24, 2.45) is 5.11 Å². The Labute approximate surface area is 88.6 Å². The Kier molecular flexibility index (Phi) is 3.97. The van der Waals surface area contributed by atoms with Crippen LogP contribution in [-0.2, 0) is 13.1 Å². The molecule has 0 amide bonds. The van der Waals surface area contributed by atoms with Gasteiger partial charge in [0.15, 0.2) is 0 Å². The fraction of sp³-hybridized carbons (Fsp3) is 0.400. The summed E-state index contributed by atoms with van der Waals surface area (Å²) in [4.78, 5) is 4.66. The molecule has 1 aromatic carbocycles. The Morgan fingerprint density at radius 2 is 2.20 bits per heavy atom. The molecule has 15 heavy (non-hydrogen) atoms. The highest BCUT2D eigenvalue weighted by Gasteiger charge is 2.03. The predicted octanol–water partition coefficient (Wildman–Crippen LogP) is 2.26. The van der Waals surface area contributed by atoms with Crippen molar-refractivity contribution in [2.75, 3.05) is 14.1 Å². The van der Waals surface area contributed by atoms with E-state index in [0.29, 0.717) is 13.1 Å². The lowest BCUT2D eigenvalue weighted by atomic mass is 10.1. The van der Waals surface area contributed by atoms with Crippen LogP contribution in [0.1, 0.15) is 11.1 Å². The zero-order chi connectivity index (χ0) is 11.3. The molecular formula is C10H14N4O.